The molecule has 0 radical (unpaired) electrons. The fourth-order valence-corrected chi connectivity index (χ4v) is 2.69. The van der Waals surface area contributed by atoms with Crippen LogP contribution in [0.2, 0.25) is 0 Å². The first-order valence-corrected chi connectivity index (χ1v) is 8.99. The zero-order chi connectivity index (χ0) is 18.2. The Kier molecular flexibility index (Phi) is 6.92. The molecule has 2 rings (SSSR count). The molecule has 0 fully saturated rings. The van der Waals surface area contributed by atoms with Crippen LogP contribution in [0.5, 0.6) is 0 Å². The van der Waals surface area contributed by atoms with Gasteiger partial charge in [0, 0.05) is 29.9 Å². The molecule has 0 aliphatic carbocycles. The van der Waals surface area contributed by atoms with Crippen molar-refractivity contribution < 1.29 is 4.79 Å². The van der Waals surface area contributed by atoms with Crippen LogP contribution >= 0.6 is 0 Å². The third kappa shape index (κ3) is 5.02. The summed E-state index contributed by atoms with van der Waals surface area (Å²) in [6.45, 7) is 9.98. The van der Waals surface area contributed by atoms with Crippen molar-refractivity contribution in [2.75, 3.05) is 25.0 Å². The summed E-state index contributed by atoms with van der Waals surface area (Å²) < 4.78 is 0. The van der Waals surface area contributed by atoms with Crippen molar-refractivity contribution in [3.8, 4) is 11.4 Å². The van der Waals surface area contributed by atoms with Gasteiger partial charge in [0.05, 0.1) is 6.54 Å². The van der Waals surface area contributed by atoms with Gasteiger partial charge >= 0.3 is 0 Å². The van der Waals surface area contributed by atoms with Crippen molar-refractivity contribution in [1.29, 1.82) is 0 Å². The van der Waals surface area contributed by atoms with Crippen LogP contribution in [0.1, 0.15) is 37.9 Å². The van der Waals surface area contributed by atoms with E-state index >= 15 is 0 Å². The number of carbonyl (C=O) groups excluding carboxylic acids is 1. The molecule has 0 atom stereocenters. The fraction of sp³-hybridized carbons (Fsp3) is 0.450. The summed E-state index contributed by atoms with van der Waals surface area (Å²) in [6, 6.07) is 9.89. The number of benzene rings is 1. The molecule has 0 aliphatic rings. The third-order valence-corrected chi connectivity index (χ3v) is 4.17. The number of carbonyl (C=O) groups is 1. The number of aromatic nitrogens is 2. The average Bonchev–Trinajstić information content (AvgIpc) is 2.63. The van der Waals surface area contributed by atoms with Crippen molar-refractivity contribution in [3.05, 3.63) is 41.6 Å². The molecular weight excluding hydrogens is 312 g/mol. The van der Waals surface area contributed by atoms with Crippen LogP contribution in [0.3, 0.4) is 0 Å². The zero-order valence-corrected chi connectivity index (χ0v) is 15.7. The van der Waals surface area contributed by atoms with Gasteiger partial charge in [-0.05, 0) is 26.7 Å². The Labute approximate surface area is 150 Å². The van der Waals surface area contributed by atoms with E-state index in [1.165, 1.54) is 0 Å². The molecule has 5 nitrogen and oxygen atoms in total. The molecule has 0 unspecified atom stereocenters. The first kappa shape index (κ1) is 18.9. The van der Waals surface area contributed by atoms with Gasteiger partial charge in [-0.15, -0.1) is 0 Å². The highest BCUT2D eigenvalue weighted by Crippen LogP contribution is 2.21. The predicted octanol–water partition coefficient (Wildman–Crippen LogP) is 3.82. The molecule has 0 saturated heterocycles. The second kappa shape index (κ2) is 9.16. The second-order valence-electron chi connectivity index (χ2n) is 6.21. The summed E-state index contributed by atoms with van der Waals surface area (Å²) in [5.74, 6) is 1.52. The van der Waals surface area contributed by atoms with Crippen LogP contribution in [0.4, 0.5) is 5.82 Å². The largest absolute Gasteiger partial charge is 0.361 e. The third-order valence-electron chi connectivity index (χ3n) is 4.17. The number of aryl methyl sites for hydroxylation is 1. The molecule has 2 aromatic rings. The standard InChI is InChI=1S/C20H28N4O/c1-5-12-24(13-6-2)18(25)14-21-19-15(3)16(4)22-20(23-19)17-10-8-7-9-11-17/h7-11H,5-6,12-14H2,1-4H3,(H,21,22,23). The Morgan fingerprint density at radius 1 is 1.04 bits per heavy atom. The van der Waals surface area contributed by atoms with Crippen LogP contribution in [-0.2, 0) is 4.79 Å². The van der Waals surface area contributed by atoms with Gasteiger partial charge in [0.25, 0.3) is 0 Å². The van der Waals surface area contributed by atoms with E-state index < -0.39 is 0 Å². The Morgan fingerprint density at radius 3 is 2.28 bits per heavy atom. The molecular formula is C20H28N4O. The van der Waals surface area contributed by atoms with Crippen LogP contribution in [0.15, 0.2) is 30.3 Å². The van der Waals surface area contributed by atoms with E-state index in [9.17, 15) is 4.79 Å². The van der Waals surface area contributed by atoms with E-state index in [0.717, 1.165) is 48.6 Å². The Balaban J connectivity index is 2.16. The summed E-state index contributed by atoms with van der Waals surface area (Å²) in [6.07, 6.45) is 1.94. The van der Waals surface area contributed by atoms with Gasteiger partial charge < -0.3 is 10.2 Å². The number of amides is 1. The zero-order valence-electron chi connectivity index (χ0n) is 15.7. The Bertz CT molecular complexity index is 694. The summed E-state index contributed by atoms with van der Waals surface area (Å²) in [4.78, 5) is 23.6. The first-order chi connectivity index (χ1) is 12.1. The molecule has 0 spiro atoms. The lowest BCUT2D eigenvalue weighted by molar-refractivity contribution is -0.129. The number of hydrogen-bond donors (Lipinski definition) is 1. The lowest BCUT2D eigenvalue weighted by Gasteiger charge is -2.22. The molecule has 0 saturated carbocycles. The predicted molar refractivity (Wildman–Crippen MR) is 103 cm³/mol. The molecule has 5 heteroatoms. The summed E-state index contributed by atoms with van der Waals surface area (Å²) in [5.41, 5.74) is 2.87. The maximum absolute atomic E-state index is 12.5. The molecule has 25 heavy (non-hydrogen) atoms. The molecule has 0 aliphatic heterocycles. The van der Waals surface area contributed by atoms with Crippen molar-refractivity contribution in [3.63, 3.8) is 0 Å². The van der Waals surface area contributed by atoms with Crippen LogP contribution in [0, 0.1) is 13.8 Å². The van der Waals surface area contributed by atoms with E-state index in [1.54, 1.807) is 0 Å². The molecule has 1 aromatic heterocycles. The highest BCUT2D eigenvalue weighted by molar-refractivity contribution is 5.81. The molecule has 1 heterocycles. The SMILES string of the molecule is CCCN(CCC)C(=O)CNc1nc(-c2ccccc2)nc(C)c1C. The maximum Gasteiger partial charge on any atom is 0.241 e. The van der Waals surface area contributed by atoms with Crippen molar-refractivity contribution in [2.24, 2.45) is 0 Å². The summed E-state index contributed by atoms with van der Waals surface area (Å²) in [5, 5.41) is 3.22. The Hall–Kier alpha value is -2.43. The minimum atomic E-state index is 0.112. The molecule has 1 amide bonds. The number of nitrogens with zero attached hydrogens (tertiary/aromatic N) is 3. The maximum atomic E-state index is 12.5. The van der Waals surface area contributed by atoms with E-state index in [0.29, 0.717) is 5.82 Å². The van der Waals surface area contributed by atoms with Gasteiger partial charge in [0.1, 0.15) is 5.82 Å². The second-order valence-corrected chi connectivity index (χ2v) is 6.21. The van der Waals surface area contributed by atoms with Gasteiger partial charge in [-0.2, -0.15) is 0 Å². The van der Waals surface area contributed by atoms with E-state index in [-0.39, 0.29) is 12.5 Å². The summed E-state index contributed by atoms with van der Waals surface area (Å²) >= 11 is 0. The fourth-order valence-electron chi connectivity index (χ4n) is 2.69. The van der Waals surface area contributed by atoms with Crippen molar-refractivity contribution >= 4 is 11.7 Å². The lowest BCUT2D eigenvalue weighted by Crippen LogP contribution is -2.36. The van der Waals surface area contributed by atoms with Crippen molar-refractivity contribution in [2.45, 2.75) is 40.5 Å². The quantitative estimate of drug-likeness (QED) is 0.793. The minimum Gasteiger partial charge on any atom is -0.361 e. The van der Waals surface area contributed by atoms with Crippen LogP contribution in [0.25, 0.3) is 11.4 Å². The van der Waals surface area contributed by atoms with Gasteiger partial charge in [0.2, 0.25) is 5.91 Å². The smallest absolute Gasteiger partial charge is 0.241 e. The number of anilines is 1. The lowest BCUT2D eigenvalue weighted by atomic mass is 10.2. The van der Waals surface area contributed by atoms with Gasteiger partial charge in [-0.25, -0.2) is 9.97 Å². The highest BCUT2D eigenvalue weighted by Gasteiger charge is 2.14. The number of rotatable bonds is 8. The van der Waals surface area contributed by atoms with E-state index in [4.69, 9.17) is 0 Å². The molecule has 134 valence electrons. The van der Waals surface area contributed by atoms with Crippen molar-refractivity contribution in [1.82, 2.24) is 14.9 Å². The van der Waals surface area contributed by atoms with E-state index in [2.05, 4.69) is 29.1 Å². The molecule has 1 N–H and O–H groups in total. The minimum absolute atomic E-state index is 0.112. The first-order valence-electron chi connectivity index (χ1n) is 8.99. The topological polar surface area (TPSA) is 58.1 Å². The Morgan fingerprint density at radius 2 is 1.68 bits per heavy atom. The monoisotopic (exact) mass is 340 g/mol. The molecule has 1 aromatic carbocycles. The highest BCUT2D eigenvalue weighted by atomic mass is 16.2. The van der Waals surface area contributed by atoms with Gasteiger partial charge in [-0.1, -0.05) is 44.2 Å². The number of nitrogens with one attached hydrogen (secondary N) is 1. The normalized spacial score (nSPS) is 10.6. The number of hydrogen-bond acceptors (Lipinski definition) is 4. The van der Waals surface area contributed by atoms with Crippen LogP contribution < -0.4 is 5.32 Å². The van der Waals surface area contributed by atoms with Gasteiger partial charge in [-0.3, -0.25) is 4.79 Å². The average molecular weight is 340 g/mol. The van der Waals surface area contributed by atoms with Gasteiger partial charge in [0.15, 0.2) is 5.82 Å². The molecule has 0 bridgehead atoms. The van der Waals surface area contributed by atoms with E-state index in [1.807, 2.05) is 49.1 Å². The summed E-state index contributed by atoms with van der Waals surface area (Å²) in [7, 11) is 0. The van der Waals surface area contributed by atoms with Crippen LogP contribution in [-0.4, -0.2) is 40.4 Å².